The molecule has 1 aromatic heterocycles. The molecule has 0 unspecified atom stereocenters. The van der Waals surface area contributed by atoms with Crippen molar-refractivity contribution in [3.8, 4) is 0 Å². The highest BCUT2D eigenvalue weighted by atomic mass is 35.5. The number of aromatic amines is 1. The van der Waals surface area contributed by atoms with Crippen molar-refractivity contribution in [3.63, 3.8) is 0 Å². The molecule has 0 aliphatic carbocycles. The van der Waals surface area contributed by atoms with E-state index in [1.165, 1.54) is 0 Å². The second-order valence-corrected chi connectivity index (χ2v) is 5.84. The van der Waals surface area contributed by atoms with Gasteiger partial charge in [0.25, 0.3) is 5.91 Å². The molecule has 21 heavy (non-hydrogen) atoms. The third-order valence-corrected chi connectivity index (χ3v) is 3.37. The summed E-state index contributed by atoms with van der Waals surface area (Å²) in [4.78, 5) is 26.3. The number of aliphatic carboxylic acids is 1. The molecule has 0 radical (unpaired) electrons. The number of carbonyl (C=O) groups is 2. The molecule has 0 saturated carbocycles. The van der Waals surface area contributed by atoms with Crippen molar-refractivity contribution >= 4 is 34.4 Å². The highest BCUT2D eigenvalue weighted by Crippen LogP contribution is 2.20. The zero-order valence-electron chi connectivity index (χ0n) is 11.8. The summed E-state index contributed by atoms with van der Waals surface area (Å²) in [7, 11) is 0. The van der Waals surface area contributed by atoms with Gasteiger partial charge in [-0.1, -0.05) is 31.5 Å². The molecule has 1 aromatic carbocycles. The second kappa shape index (κ2) is 6.18. The van der Waals surface area contributed by atoms with Gasteiger partial charge in [-0.15, -0.1) is 0 Å². The molecule has 2 aromatic rings. The zero-order chi connectivity index (χ0) is 15.6. The van der Waals surface area contributed by atoms with Gasteiger partial charge in [0.15, 0.2) is 0 Å². The normalized spacial score (nSPS) is 12.6. The number of nitrogens with one attached hydrogen (secondary N) is 2. The van der Waals surface area contributed by atoms with Gasteiger partial charge in [0, 0.05) is 15.9 Å². The first kappa shape index (κ1) is 15.4. The molecule has 0 saturated heterocycles. The first-order chi connectivity index (χ1) is 9.86. The van der Waals surface area contributed by atoms with Gasteiger partial charge in [-0.3, -0.25) is 4.79 Å². The van der Waals surface area contributed by atoms with Crippen molar-refractivity contribution in [2.75, 3.05) is 0 Å². The molecule has 112 valence electrons. The number of halogens is 1. The van der Waals surface area contributed by atoms with Crippen LogP contribution in [0.3, 0.4) is 0 Å². The summed E-state index contributed by atoms with van der Waals surface area (Å²) in [6.45, 7) is 3.82. The van der Waals surface area contributed by atoms with Crippen LogP contribution in [0, 0.1) is 5.92 Å². The Kier molecular flexibility index (Phi) is 4.53. The Labute approximate surface area is 127 Å². The van der Waals surface area contributed by atoms with Gasteiger partial charge in [-0.25, -0.2) is 4.79 Å². The Morgan fingerprint density at radius 1 is 1.33 bits per heavy atom. The lowest BCUT2D eigenvalue weighted by atomic mass is 10.0. The fourth-order valence-corrected chi connectivity index (χ4v) is 2.32. The second-order valence-electron chi connectivity index (χ2n) is 5.41. The standard InChI is InChI=1S/C15H17ClN2O3/c1-8(2)5-13(15(20)21)18-14(19)12-6-9-3-4-10(16)7-11(9)17-12/h3-4,6-8,13,17H,5H2,1-2H3,(H,18,19)(H,20,21)/t13-/m1/s1. The number of carbonyl (C=O) groups excluding carboxylic acids is 1. The summed E-state index contributed by atoms with van der Waals surface area (Å²) >= 11 is 5.89. The van der Waals surface area contributed by atoms with Gasteiger partial charge < -0.3 is 15.4 Å². The van der Waals surface area contributed by atoms with Crippen LogP contribution in [-0.4, -0.2) is 28.0 Å². The molecule has 0 aliphatic rings. The molecular weight excluding hydrogens is 292 g/mol. The van der Waals surface area contributed by atoms with Gasteiger partial charge in [-0.2, -0.15) is 0 Å². The zero-order valence-corrected chi connectivity index (χ0v) is 12.6. The van der Waals surface area contributed by atoms with Crippen LogP contribution >= 0.6 is 11.6 Å². The minimum absolute atomic E-state index is 0.174. The van der Waals surface area contributed by atoms with E-state index in [0.717, 1.165) is 10.9 Å². The Morgan fingerprint density at radius 2 is 2.05 bits per heavy atom. The molecule has 0 bridgehead atoms. The number of H-pyrrole nitrogens is 1. The topological polar surface area (TPSA) is 82.2 Å². The third kappa shape index (κ3) is 3.76. The van der Waals surface area contributed by atoms with E-state index in [1.54, 1.807) is 24.3 Å². The van der Waals surface area contributed by atoms with Crippen molar-refractivity contribution in [1.29, 1.82) is 0 Å². The van der Waals surface area contributed by atoms with Gasteiger partial charge in [-0.05, 0) is 30.5 Å². The van der Waals surface area contributed by atoms with Crippen LogP contribution < -0.4 is 5.32 Å². The Balaban J connectivity index is 2.19. The molecule has 5 nitrogen and oxygen atoms in total. The van der Waals surface area contributed by atoms with Crippen LogP contribution in [-0.2, 0) is 4.79 Å². The fourth-order valence-electron chi connectivity index (χ4n) is 2.15. The first-order valence-corrected chi connectivity index (χ1v) is 7.06. The lowest BCUT2D eigenvalue weighted by Gasteiger charge is -2.15. The summed E-state index contributed by atoms with van der Waals surface area (Å²) < 4.78 is 0. The number of fused-ring (bicyclic) bond motifs is 1. The molecular formula is C15H17ClN2O3. The summed E-state index contributed by atoms with van der Waals surface area (Å²) in [5.41, 5.74) is 1.06. The van der Waals surface area contributed by atoms with Crippen molar-refractivity contribution in [3.05, 3.63) is 35.0 Å². The van der Waals surface area contributed by atoms with Crippen LogP contribution in [0.5, 0.6) is 0 Å². The van der Waals surface area contributed by atoms with E-state index in [4.69, 9.17) is 16.7 Å². The molecule has 2 rings (SSSR count). The Hall–Kier alpha value is -2.01. The van der Waals surface area contributed by atoms with Gasteiger partial charge in [0.1, 0.15) is 11.7 Å². The monoisotopic (exact) mass is 308 g/mol. The van der Waals surface area contributed by atoms with Crippen molar-refractivity contribution in [1.82, 2.24) is 10.3 Å². The molecule has 0 aliphatic heterocycles. The quantitative estimate of drug-likeness (QED) is 0.794. The summed E-state index contributed by atoms with van der Waals surface area (Å²) in [6, 6.07) is 6.03. The van der Waals surface area contributed by atoms with Gasteiger partial charge in [0.05, 0.1) is 0 Å². The lowest BCUT2D eigenvalue weighted by molar-refractivity contribution is -0.139. The maximum Gasteiger partial charge on any atom is 0.326 e. The van der Waals surface area contributed by atoms with E-state index in [9.17, 15) is 9.59 Å². The molecule has 1 amide bonds. The summed E-state index contributed by atoms with van der Waals surface area (Å²) in [6.07, 6.45) is 0.382. The average molecular weight is 309 g/mol. The largest absolute Gasteiger partial charge is 0.480 e. The predicted molar refractivity (Wildman–Crippen MR) is 81.7 cm³/mol. The number of aromatic nitrogens is 1. The van der Waals surface area contributed by atoms with Crippen LogP contribution in [0.15, 0.2) is 24.3 Å². The number of hydrogen-bond donors (Lipinski definition) is 3. The molecule has 6 heteroatoms. The SMILES string of the molecule is CC(C)C[C@@H](NC(=O)c1cc2ccc(Cl)cc2[nH]1)C(=O)O. The lowest BCUT2D eigenvalue weighted by Crippen LogP contribution is -2.41. The number of hydrogen-bond acceptors (Lipinski definition) is 2. The van der Waals surface area contributed by atoms with Crippen LogP contribution in [0.4, 0.5) is 0 Å². The van der Waals surface area contributed by atoms with Gasteiger partial charge >= 0.3 is 5.97 Å². The average Bonchev–Trinajstić information content (AvgIpc) is 2.80. The maximum atomic E-state index is 12.2. The van der Waals surface area contributed by atoms with Crippen molar-refractivity contribution in [2.45, 2.75) is 26.3 Å². The summed E-state index contributed by atoms with van der Waals surface area (Å²) in [5.74, 6) is -1.29. The fraction of sp³-hybridized carbons (Fsp3) is 0.333. The smallest absolute Gasteiger partial charge is 0.326 e. The number of benzene rings is 1. The van der Waals surface area contributed by atoms with Crippen LogP contribution in [0.2, 0.25) is 5.02 Å². The van der Waals surface area contributed by atoms with Gasteiger partial charge in [0.2, 0.25) is 0 Å². The molecule has 0 fully saturated rings. The number of rotatable bonds is 5. The minimum atomic E-state index is -1.03. The van der Waals surface area contributed by atoms with E-state index >= 15 is 0 Å². The third-order valence-electron chi connectivity index (χ3n) is 3.14. The van der Waals surface area contributed by atoms with E-state index in [1.807, 2.05) is 13.8 Å². The Morgan fingerprint density at radius 3 is 2.67 bits per heavy atom. The molecule has 0 spiro atoms. The number of amides is 1. The highest BCUT2D eigenvalue weighted by Gasteiger charge is 2.22. The predicted octanol–water partition coefficient (Wildman–Crippen LogP) is 3.05. The molecule has 3 N–H and O–H groups in total. The number of carboxylic acid groups (broad SMARTS) is 1. The van der Waals surface area contributed by atoms with E-state index in [2.05, 4.69) is 10.3 Å². The Bertz CT molecular complexity index is 679. The first-order valence-electron chi connectivity index (χ1n) is 6.68. The van der Waals surface area contributed by atoms with Crippen molar-refractivity contribution in [2.24, 2.45) is 5.92 Å². The van der Waals surface area contributed by atoms with E-state index in [0.29, 0.717) is 17.1 Å². The van der Waals surface area contributed by atoms with E-state index in [-0.39, 0.29) is 5.92 Å². The van der Waals surface area contributed by atoms with Crippen LogP contribution in [0.25, 0.3) is 10.9 Å². The molecule has 1 atom stereocenters. The maximum absolute atomic E-state index is 12.2. The van der Waals surface area contributed by atoms with E-state index < -0.39 is 17.9 Å². The van der Waals surface area contributed by atoms with Crippen LogP contribution in [0.1, 0.15) is 30.8 Å². The van der Waals surface area contributed by atoms with Crippen molar-refractivity contribution < 1.29 is 14.7 Å². The number of carboxylic acids is 1. The highest BCUT2D eigenvalue weighted by molar-refractivity contribution is 6.31. The minimum Gasteiger partial charge on any atom is -0.480 e. The summed E-state index contributed by atoms with van der Waals surface area (Å²) in [5, 5.41) is 13.1. The molecule has 1 heterocycles.